The van der Waals surface area contributed by atoms with Crippen molar-refractivity contribution in [1.82, 2.24) is 5.32 Å². The molecule has 1 aromatic carbocycles. The van der Waals surface area contributed by atoms with Crippen LogP contribution in [-0.2, 0) is 0 Å². The Morgan fingerprint density at radius 3 is 2.18 bits per heavy atom. The first kappa shape index (κ1) is 14.2. The van der Waals surface area contributed by atoms with Gasteiger partial charge >= 0.3 is 0 Å². The summed E-state index contributed by atoms with van der Waals surface area (Å²) < 4.78 is 0. The first-order chi connectivity index (χ1) is 7.94. The van der Waals surface area contributed by atoms with Crippen molar-refractivity contribution in [3.05, 3.63) is 35.9 Å². The number of hydrogen-bond acceptors (Lipinski definition) is 1. The monoisotopic (exact) mass is 233 g/mol. The second kappa shape index (κ2) is 6.20. The van der Waals surface area contributed by atoms with E-state index in [4.69, 9.17) is 0 Å². The van der Waals surface area contributed by atoms with Gasteiger partial charge in [-0.15, -0.1) is 0 Å². The highest BCUT2D eigenvalue weighted by atomic mass is 14.9. The van der Waals surface area contributed by atoms with Crippen molar-refractivity contribution in [1.29, 1.82) is 0 Å². The molecule has 1 nitrogen and oxygen atoms in total. The van der Waals surface area contributed by atoms with Crippen molar-refractivity contribution in [2.75, 3.05) is 6.54 Å². The third-order valence-corrected chi connectivity index (χ3v) is 3.41. The van der Waals surface area contributed by atoms with E-state index < -0.39 is 0 Å². The number of benzene rings is 1. The van der Waals surface area contributed by atoms with Gasteiger partial charge < -0.3 is 5.32 Å². The summed E-state index contributed by atoms with van der Waals surface area (Å²) in [7, 11) is 0. The zero-order chi connectivity index (χ0) is 12.9. The van der Waals surface area contributed by atoms with Crippen LogP contribution in [0.15, 0.2) is 30.3 Å². The molecule has 0 fully saturated rings. The van der Waals surface area contributed by atoms with E-state index in [0.717, 1.165) is 6.54 Å². The van der Waals surface area contributed by atoms with Gasteiger partial charge in [0.1, 0.15) is 0 Å². The van der Waals surface area contributed by atoms with E-state index >= 15 is 0 Å². The molecule has 17 heavy (non-hydrogen) atoms. The molecule has 0 saturated carbocycles. The molecule has 0 amide bonds. The van der Waals surface area contributed by atoms with Crippen LogP contribution in [0.4, 0.5) is 0 Å². The molecule has 1 rings (SSSR count). The fraction of sp³-hybridized carbons (Fsp3) is 0.625. The minimum absolute atomic E-state index is 0.195. The van der Waals surface area contributed by atoms with E-state index in [2.05, 4.69) is 70.3 Å². The molecule has 0 bridgehead atoms. The normalized spacial score (nSPS) is 15.6. The fourth-order valence-electron chi connectivity index (χ4n) is 2.05. The molecule has 2 atom stereocenters. The third-order valence-electron chi connectivity index (χ3n) is 3.41. The molecule has 0 aliphatic carbocycles. The largest absolute Gasteiger partial charge is 0.311 e. The summed E-state index contributed by atoms with van der Waals surface area (Å²) in [5, 5.41) is 3.64. The van der Waals surface area contributed by atoms with Crippen molar-refractivity contribution in [3.8, 4) is 0 Å². The molecular weight excluding hydrogens is 206 g/mol. The van der Waals surface area contributed by atoms with Gasteiger partial charge in [0.15, 0.2) is 0 Å². The summed E-state index contributed by atoms with van der Waals surface area (Å²) >= 11 is 0. The van der Waals surface area contributed by atoms with Crippen molar-refractivity contribution in [2.45, 2.75) is 52.5 Å². The van der Waals surface area contributed by atoms with Crippen LogP contribution >= 0.6 is 0 Å². The first-order valence-electron chi connectivity index (χ1n) is 6.74. The predicted molar refractivity (Wildman–Crippen MR) is 76.4 cm³/mol. The van der Waals surface area contributed by atoms with E-state index in [-0.39, 0.29) is 5.54 Å². The van der Waals surface area contributed by atoms with Gasteiger partial charge in [-0.1, -0.05) is 50.6 Å². The standard InChI is InChI=1S/C16H27N/c1-6-13(2)15(12-17-16(3,4)5)14-10-8-7-9-11-14/h7-11,13,15,17H,6,12H2,1-5H3. The van der Waals surface area contributed by atoms with Crippen molar-refractivity contribution in [3.63, 3.8) is 0 Å². The zero-order valence-corrected chi connectivity index (χ0v) is 12.0. The van der Waals surface area contributed by atoms with Crippen LogP contribution in [0.3, 0.4) is 0 Å². The summed E-state index contributed by atoms with van der Waals surface area (Å²) in [6, 6.07) is 10.9. The summed E-state index contributed by atoms with van der Waals surface area (Å²) in [5.74, 6) is 1.33. The van der Waals surface area contributed by atoms with Gasteiger partial charge in [-0.2, -0.15) is 0 Å². The number of nitrogens with one attached hydrogen (secondary N) is 1. The molecular formula is C16H27N. The first-order valence-corrected chi connectivity index (χ1v) is 6.74. The molecule has 0 aliphatic heterocycles. The molecule has 0 radical (unpaired) electrons. The highest BCUT2D eigenvalue weighted by Gasteiger charge is 2.20. The topological polar surface area (TPSA) is 12.0 Å². The molecule has 1 aromatic rings. The fourth-order valence-corrected chi connectivity index (χ4v) is 2.05. The zero-order valence-electron chi connectivity index (χ0n) is 12.0. The van der Waals surface area contributed by atoms with Gasteiger partial charge in [-0.25, -0.2) is 0 Å². The molecule has 0 saturated heterocycles. The Hall–Kier alpha value is -0.820. The van der Waals surface area contributed by atoms with Crippen LogP contribution < -0.4 is 5.32 Å². The lowest BCUT2D eigenvalue weighted by molar-refractivity contribution is 0.356. The van der Waals surface area contributed by atoms with E-state index in [1.54, 1.807) is 0 Å². The Kier molecular flexibility index (Phi) is 5.20. The van der Waals surface area contributed by atoms with E-state index in [0.29, 0.717) is 11.8 Å². The molecule has 0 heterocycles. The summed E-state index contributed by atoms with van der Waals surface area (Å²) in [6.07, 6.45) is 1.23. The van der Waals surface area contributed by atoms with Crippen LogP contribution in [0.25, 0.3) is 0 Å². The molecule has 2 unspecified atom stereocenters. The summed E-state index contributed by atoms with van der Waals surface area (Å²) in [5.41, 5.74) is 1.65. The Morgan fingerprint density at radius 1 is 1.12 bits per heavy atom. The smallest absolute Gasteiger partial charge is 0.00967 e. The number of hydrogen-bond donors (Lipinski definition) is 1. The third kappa shape index (κ3) is 4.91. The summed E-state index contributed by atoms with van der Waals surface area (Å²) in [6.45, 7) is 12.4. The molecule has 96 valence electrons. The van der Waals surface area contributed by atoms with Crippen molar-refractivity contribution >= 4 is 0 Å². The quantitative estimate of drug-likeness (QED) is 0.803. The second-order valence-corrected chi connectivity index (χ2v) is 6.03. The average Bonchev–Trinajstić information content (AvgIpc) is 2.29. The van der Waals surface area contributed by atoms with Gasteiger partial charge in [0.25, 0.3) is 0 Å². The van der Waals surface area contributed by atoms with E-state index in [1.165, 1.54) is 12.0 Å². The minimum atomic E-state index is 0.195. The molecule has 1 heteroatoms. The summed E-state index contributed by atoms with van der Waals surface area (Å²) in [4.78, 5) is 0. The van der Waals surface area contributed by atoms with Crippen LogP contribution in [0.1, 0.15) is 52.5 Å². The predicted octanol–water partition coefficient (Wildman–Crippen LogP) is 4.20. The van der Waals surface area contributed by atoms with Crippen LogP contribution in [0, 0.1) is 5.92 Å². The lowest BCUT2D eigenvalue weighted by Gasteiger charge is -2.29. The van der Waals surface area contributed by atoms with Crippen LogP contribution in [-0.4, -0.2) is 12.1 Å². The molecule has 0 spiro atoms. The lowest BCUT2D eigenvalue weighted by Crippen LogP contribution is -2.39. The maximum atomic E-state index is 3.64. The highest BCUT2D eigenvalue weighted by molar-refractivity contribution is 5.20. The van der Waals surface area contributed by atoms with Gasteiger partial charge in [0.2, 0.25) is 0 Å². The van der Waals surface area contributed by atoms with Crippen LogP contribution in [0.2, 0.25) is 0 Å². The maximum absolute atomic E-state index is 3.64. The second-order valence-electron chi connectivity index (χ2n) is 6.03. The minimum Gasteiger partial charge on any atom is -0.311 e. The average molecular weight is 233 g/mol. The molecule has 0 aliphatic rings. The van der Waals surface area contributed by atoms with Gasteiger partial charge in [-0.3, -0.25) is 0 Å². The Bertz CT molecular complexity index is 310. The van der Waals surface area contributed by atoms with Gasteiger partial charge in [0.05, 0.1) is 0 Å². The Morgan fingerprint density at radius 2 is 1.71 bits per heavy atom. The molecule has 1 N–H and O–H groups in total. The van der Waals surface area contributed by atoms with Crippen molar-refractivity contribution < 1.29 is 0 Å². The van der Waals surface area contributed by atoms with Gasteiger partial charge in [0, 0.05) is 12.1 Å². The lowest BCUT2D eigenvalue weighted by atomic mass is 9.85. The highest BCUT2D eigenvalue weighted by Crippen LogP contribution is 2.26. The van der Waals surface area contributed by atoms with Crippen molar-refractivity contribution in [2.24, 2.45) is 5.92 Å². The number of rotatable bonds is 5. The van der Waals surface area contributed by atoms with Gasteiger partial charge in [-0.05, 0) is 38.2 Å². The Labute approximate surface area is 107 Å². The Balaban J connectivity index is 2.75. The SMILES string of the molecule is CCC(C)C(CNC(C)(C)C)c1ccccc1. The molecule has 0 aromatic heterocycles. The van der Waals surface area contributed by atoms with E-state index in [1.807, 2.05) is 0 Å². The maximum Gasteiger partial charge on any atom is 0.00967 e. The van der Waals surface area contributed by atoms with E-state index in [9.17, 15) is 0 Å². The van der Waals surface area contributed by atoms with Crippen LogP contribution in [0.5, 0.6) is 0 Å².